The summed E-state index contributed by atoms with van der Waals surface area (Å²) in [7, 11) is 0. The lowest BCUT2D eigenvalue weighted by Gasteiger charge is -2.17. The van der Waals surface area contributed by atoms with E-state index < -0.39 is 29.6 Å². The van der Waals surface area contributed by atoms with E-state index in [-0.39, 0.29) is 18.0 Å². The quantitative estimate of drug-likeness (QED) is 0.795. The highest BCUT2D eigenvalue weighted by molar-refractivity contribution is 9.10. The number of ether oxygens (including phenoxy) is 1. The molecular weight excluding hydrogens is 344 g/mol. The molecule has 3 fully saturated rings. The Kier molecular flexibility index (Phi) is 2.74. The standard InChI is InChI=1S/C13H11BrN2O5/c14-8-4-3-7(21-8)11(17)15-16-12(18)9-5-1-2-6(20-5)10(9)13(16)19/h3-6,9-10H,1-2H2,(H,15,17)/t5-,6+,9+,10-. The van der Waals surface area contributed by atoms with Crippen molar-refractivity contribution in [1.82, 2.24) is 10.4 Å². The average molecular weight is 355 g/mol. The van der Waals surface area contributed by atoms with Crippen LogP contribution in [0.2, 0.25) is 0 Å². The minimum atomic E-state index is -0.629. The summed E-state index contributed by atoms with van der Waals surface area (Å²) in [6.07, 6.45) is 1.18. The van der Waals surface area contributed by atoms with Crippen LogP contribution in [0.4, 0.5) is 0 Å². The number of furan rings is 1. The first-order valence-electron chi connectivity index (χ1n) is 6.66. The van der Waals surface area contributed by atoms with Gasteiger partial charge in [-0.2, -0.15) is 5.01 Å². The van der Waals surface area contributed by atoms with Crippen LogP contribution in [0.3, 0.4) is 0 Å². The summed E-state index contributed by atoms with van der Waals surface area (Å²) in [6.45, 7) is 0. The van der Waals surface area contributed by atoms with Crippen LogP contribution in [-0.2, 0) is 14.3 Å². The Morgan fingerprint density at radius 3 is 2.33 bits per heavy atom. The normalized spacial score (nSPS) is 33.7. The van der Waals surface area contributed by atoms with Crippen LogP contribution >= 0.6 is 15.9 Å². The lowest BCUT2D eigenvalue weighted by atomic mass is 9.81. The molecule has 0 saturated carbocycles. The molecule has 1 N–H and O–H groups in total. The number of imide groups is 1. The molecule has 3 saturated heterocycles. The molecule has 8 heteroatoms. The van der Waals surface area contributed by atoms with Crippen molar-refractivity contribution in [3.05, 3.63) is 22.6 Å². The number of halogens is 1. The predicted octanol–water partition coefficient (Wildman–Crippen LogP) is 0.849. The number of amides is 3. The van der Waals surface area contributed by atoms with Crippen LogP contribution < -0.4 is 5.43 Å². The van der Waals surface area contributed by atoms with Crippen molar-refractivity contribution in [3.63, 3.8) is 0 Å². The molecule has 21 heavy (non-hydrogen) atoms. The largest absolute Gasteiger partial charge is 0.444 e. The molecule has 0 spiro atoms. The Morgan fingerprint density at radius 2 is 1.81 bits per heavy atom. The van der Waals surface area contributed by atoms with Crippen molar-refractivity contribution in [2.45, 2.75) is 25.0 Å². The molecule has 0 radical (unpaired) electrons. The second-order valence-electron chi connectivity index (χ2n) is 5.40. The highest BCUT2D eigenvalue weighted by Crippen LogP contribution is 2.48. The fourth-order valence-electron chi connectivity index (χ4n) is 3.42. The maximum atomic E-state index is 12.3. The van der Waals surface area contributed by atoms with Crippen molar-refractivity contribution in [3.8, 4) is 0 Å². The number of nitrogens with zero attached hydrogens (tertiary/aromatic N) is 1. The Balaban J connectivity index is 1.55. The number of nitrogens with one attached hydrogen (secondary N) is 1. The van der Waals surface area contributed by atoms with Crippen LogP contribution in [-0.4, -0.2) is 34.9 Å². The maximum absolute atomic E-state index is 12.3. The van der Waals surface area contributed by atoms with E-state index in [0.29, 0.717) is 4.67 Å². The first-order chi connectivity index (χ1) is 10.1. The van der Waals surface area contributed by atoms with Gasteiger partial charge in [0, 0.05) is 0 Å². The van der Waals surface area contributed by atoms with Crippen molar-refractivity contribution in [2.24, 2.45) is 11.8 Å². The minimum absolute atomic E-state index is 0.0266. The van der Waals surface area contributed by atoms with Gasteiger partial charge in [-0.3, -0.25) is 19.8 Å². The van der Waals surface area contributed by atoms with E-state index in [1.807, 2.05) is 0 Å². The molecule has 4 atom stereocenters. The van der Waals surface area contributed by atoms with Crippen LogP contribution in [0.1, 0.15) is 23.4 Å². The second-order valence-corrected chi connectivity index (χ2v) is 6.18. The maximum Gasteiger partial charge on any atom is 0.306 e. The molecule has 1 aromatic rings. The summed E-state index contributed by atoms with van der Waals surface area (Å²) in [5.74, 6) is -2.30. The van der Waals surface area contributed by atoms with Crippen molar-refractivity contribution >= 4 is 33.7 Å². The van der Waals surface area contributed by atoms with Crippen LogP contribution in [0, 0.1) is 11.8 Å². The zero-order valence-electron chi connectivity index (χ0n) is 10.7. The van der Waals surface area contributed by atoms with E-state index in [1.54, 1.807) is 6.07 Å². The zero-order chi connectivity index (χ0) is 14.7. The summed E-state index contributed by atoms with van der Waals surface area (Å²) in [5.41, 5.74) is 2.33. The van der Waals surface area contributed by atoms with Crippen LogP contribution in [0.15, 0.2) is 21.2 Å². The number of carbonyl (C=O) groups excluding carboxylic acids is 3. The summed E-state index contributed by atoms with van der Waals surface area (Å²) >= 11 is 3.09. The number of hydrogen-bond donors (Lipinski definition) is 1. The number of rotatable bonds is 2. The van der Waals surface area contributed by atoms with Gasteiger partial charge in [-0.25, -0.2) is 0 Å². The van der Waals surface area contributed by atoms with E-state index in [0.717, 1.165) is 17.9 Å². The molecule has 2 bridgehead atoms. The summed E-state index contributed by atoms with van der Waals surface area (Å²) in [6, 6.07) is 3.02. The van der Waals surface area contributed by atoms with Gasteiger partial charge < -0.3 is 9.15 Å². The van der Waals surface area contributed by atoms with Gasteiger partial charge in [0.25, 0.3) is 11.8 Å². The third kappa shape index (κ3) is 1.78. The first-order valence-corrected chi connectivity index (χ1v) is 7.45. The number of carbonyl (C=O) groups is 3. The Bertz CT molecular complexity index is 629. The van der Waals surface area contributed by atoms with Gasteiger partial charge in [-0.1, -0.05) is 0 Å². The van der Waals surface area contributed by atoms with Gasteiger partial charge in [0.2, 0.25) is 0 Å². The molecule has 1 aromatic heterocycles. The monoisotopic (exact) mass is 354 g/mol. The fraction of sp³-hybridized carbons (Fsp3) is 0.462. The van der Waals surface area contributed by atoms with E-state index in [4.69, 9.17) is 9.15 Å². The Hall–Kier alpha value is -1.67. The van der Waals surface area contributed by atoms with E-state index in [1.165, 1.54) is 6.07 Å². The third-order valence-electron chi connectivity index (χ3n) is 4.29. The lowest BCUT2D eigenvalue weighted by Crippen LogP contribution is -2.47. The Labute approximate surface area is 127 Å². The number of fused-ring (bicyclic) bond motifs is 5. The molecule has 0 unspecified atom stereocenters. The topological polar surface area (TPSA) is 88.9 Å². The number of hydrazine groups is 1. The zero-order valence-corrected chi connectivity index (χ0v) is 12.3. The smallest absolute Gasteiger partial charge is 0.306 e. The highest BCUT2D eigenvalue weighted by Gasteiger charge is 2.62. The van der Waals surface area contributed by atoms with Gasteiger partial charge >= 0.3 is 5.91 Å². The molecule has 0 aromatic carbocycles. The SMILES string of the molecule is O=C(NN1C(=O)[C@@H]2[C@H](C1=O)[C@@H]1CC[C@H]2O1)c1ccc(Br)o1. The first kappa shape index (κ1) is 13.0. The fourth-order valence-corrected chi connectivity index (χ4v) is 3.72. The molecular formula is C13H11BrN2O5. The second kappa shape index (κ2) is 4.41. The Morgan fingerprint density at radius 1 is 1.19 bits per heavy atom. The molecule has 4 rings (SSSR count). The van der Waals surface area contributed by atoms with Crippen LogP contribution in [0.25, 0.3) is 0 Å². The molecule has 0 aliphatic carbocycles. The summed E-state index contributed by atoms with van der Waals surface area (Å²) in [4.78, 5) is 36.7. The van der Waals surface area contributed by atoms with Gasteiger partial charge in [0.05, 0.1) is 24.0 Å². The van der Waals surface area contributed by atoms with Crippen molar-refractivity contribution in [2.75, 3.05) is 0 Å². The number of hydrogen-bond acceptors (Lipinski definition) is 5. The molecule has 3 amide bonds. The predicted molar refractivity (Wildman–Crippen MR) is 70.6 cm³/mol. The van der Waals surface area contributed by atoms with E-state index in [2.05, 4.69) is 21.4 Å². The van der Waals surface area contributed by atoms with Crippen molar-refractivity contribution < 1.29 is 23.5 Å². The third-order valence-corrected chi connectivity index (χ3v) is 4.72. The van der Waals surface area contributed by atoms with Crippen LogP contribution in [0.5, 0.6) is 0 Å². The van der Waals surface area contributed by atoms with E-state index in [9.17, 15) is 14.4 Å². The van der Waals surface area contributed by atoms with Gasteiger partial charge in [-0.05, 0) is 40.9 Å². The summed E-state index contributed by atoms with van der Waals surface area (Å²) < 4.78 is 11.1. The molecule has 3 aliphatic rings. The summed E-state index contributed by atoms with van der Waals surface area (Å²) in [5, 5.41) is 0.821. The van der Waals surface area contributed by atoms with Gasteiger partial charge in [-0.15, -0.1) is 0 Å². The van der Waals surface area contributed by atoms with E-state index >= 15 is 0 Å². The lowest BCUT2D eigenvalue weighted by molar-refractivity contribution is -0.145. The highest BCUT2D eigenvalue weighted by atomic mass is 79.9. The molecule has 3 aliphatic heterocycles. The van der Waals surface area contributed by atoms with Gasteiger partial charge in [0.1, 0.15) is 0 Å². The average Bonchev–Trinajstić information content (AvgIpc) is 3.19. The van der Waals surface area contributed by atoms with Crippen molar-refractivity contribution in [1.29, 1.82) is 0 Å². The molecule has 4 heterocycles. The molecule has 7 nitrogen and oxygen atoms in total. The molecule has 110 valence electrons. The minimum Gasteiger partial charge on any atom is -0.444 e. The van der Waals surface area contributed by atoms with Gasteiger partial charge in [0.15, 0.2) is 10.4 Å².